The molecule has 0 aromatic heterocycles. The number of allylic oxidation sites excluding steroid dienone is 2. The smallest absolute Gasteiger partial charge is 0.323 e. The number of nitrogens with zero attached hydrogens (tertiary/aromatic N) is 1. The normalized spacial score (nSPS) is 19.4. The molecule has 1 unspecified atom stereocenters. The number of amides is 2. The maximum atomic E-state index is 13.2. The number of imide groups is 1. The van der Waals surface area contributed by atoms with Crippen molar-refractivity contribution < 1.29 is 24.3 Å². The van der Waals surface area contributed by atoms with Crippen LogP contribution in [0.1, 0.15) is 18.9 Å². The van der Waals surface area contributed by atoms with Crippen molar-refractivity contribution in [2.45, 2.75) is 25.8 Å². The fourth-order valence-electron chi connectivity index (χ4n) is 3.09. The van der Waals surface area contributed by atoms with E-state index in [1.807, 2.05) is 30.3 Å². The molecule has 8 nitrogen and oxygen atoms in total. The average molecular weight is 385 g/mol. The Balaban J connectivity index is 2.38. The third kappa shape index (κ3) is 4.52. The number of benzene rings is 1. The Hall–Kier alpha value is -3.26. The van der Waals surface area contributed by atoms with Crippen LogP contribution < -0.4 is 11.5 Å². The lowest BCUT2D eigenvalue weighted by Crippen LogP contribution is -2.55. The summed E-state index contributed by atoms with van der Waals surface area (Å²) in [4.78, 5) is 49.9. The highest BCUT2D eigenvalue weighted by Gasteiger charge is 2.49. The highest BCUT2D eigenvalue weighted by Crippen LogP contribution is 2.34. The molecule has 1 aliphatic rings. The van der Waals surface area contributed by atoms with Crippen LogP contribution in [0.5, 0.6) is 0 Å². The van der Waals surface area contributed by atoms with Crippen molar-refractivity contribution in [3.8, 4) is 0 Å². The first-order chi connectivity index (χ1) is 13.2. The van der Waals surface area contributed by atoms with Gasteiger partial charge >= 0.3 is 5.97 Å². The first kappa shape index (κ1) is 21.0. The molecule has 2 atom stereocenters. The third-order valence-electron chi connectivity index (χ3n) is 4.60. The molecule has 0 spiro atoms. The number of carboxylic acid groups (broad SMARTS) is 1. The zero-order valence-corrected chi connectivity index (χ0v) is 15.5. The standard InChI is InChI=1S/C20H23N3O5/c1-13(24)23(12-17(25)26)19(28)20(9-7-15(21)8-10-20)18(27)16(22)11-14-5-3-2-4-6-14/h2-9,16H,10-12,21-22H2,1H3,(H,25,26)/t16-,20?/m0/s1. The lowest BCUT2D eigenvalue weighted by atomic mass is 9.72. The Kier molecular flexibility index (Phi) is 6.48. The molecule has 2 rings (SSSR count). The molecule has 2 amide bonds. The summed E-state index contributed by atoms with van der Waals surface area (Å²) in [6.07, 6.45) is 4.30. The topological polar surface area (TPSA) is 144 Å². The van der Waals surface area contributed by atoms with Gasteiger partial charge in [0, 0.05) is 12.6 Å². The summed E-state index contributed by atoms with van der Waals surface area (Å²) < 4.78 is 0. The summed E-state index contributed by atoms with van der Waals surface area (Å²) in [7, 11) is 0. The number of carbonyl (C=O) groups excluding carboxylic acids is 3. The summed E-state index contributed by atoms with van der Waals surface area (Å²) in [5.41, 5.74) is 11.2. The highest BCUT2D eigenvalue weighted by atomic mass is 16.4. The van der Waals surface area contributed by atoms with Gasteiger partial charge in [0.15, 0.2) is 5.78 Å². The van der Waals surface area contributed by atoms with Gasteiger partial charge in [-0.25, -0.2) is 0 Å². The number of aliphatic carboxylic acids is 1. The first-order valence-corrected chi connectivity index (χ1v) is 8.70. The van der Waals surface area contributed by atoms with Gasteiger partial charge in [-0.05, 0) is 24.5 Å². The van der Waals surface area contributed by atoms with Crippen molar-refractivity contribution in [3.05, 3.63) is 59.8 Å². The van der Waals surface area contributed by atoms with Gasteiger partial charge in [-0.3, -0.25) is 24.1 Å². The summed E-state index contributed by atoms with van der Waals surface area (Å²) in [6.45, 7) is 0.226. The monoisotopic (exact) mass is 385 g/mol. The van der Waals surface area contributed by atoms with Gasteiger partial charge in [-0.1, -0.05) is 42.5 Å². The number of carbonyl (C=O) groups is 4. The van der Waals surface area contributed by atoms with Crippen molar-refractivity contribution in [2.24, 2.45) is 16.9 Å². The van der Waals surface area contributed by atoms with E-state index in [1.54, 1.807) is 0 Å². The van der Waals surface area contributed by atoms with Crippen LogP contribution in [0.2, 0.25) is 0 Å². The molecule has 0 saturated carbocycles. The number of hydrogen-bond acceptors (Lipinski definition) is 6. The first-order valence-electron chi connectivity index (χ1n) is 8.70. The lowest BCUT2D eigenvalue weighted by molar-refractivity contribution is -0.157. The number of hydrogen-bond donors (Lipinski definition) is 3. The number of ketones is 1. The van der Waals surface area contributed by atoms with E-state index in [4.69, 9.17) is 16.6 Å². The molecule has 28 heavy (non-hydrogen) atoms. The second-order valence-electron chi connectivity index (χ2n) is 6.68. The van der Waals surface area contributed by atoms with E-state index in [9.17, 15) is 19.2 Å². The number of carboxylic acids is 1. The van der Waals surface area contributed by atoms with E-state index in [0.717, 1.165) is 12.5 Å². The molecule has 8 heteroatoms. The minimum Gasteiger partial charge on any atom is -0.480 e. The Labute approximate surface area is 162 Å². The molecule has 0 radical (unpaired) electrons. The maximum Gasteiger partial charge on any atom is 0.323 e. The van der Waals surface area contributed by atoms with E-state index in [0.29, 0.717) is 10.6 Å². The number of rotatable bonds is 7. The third-order valence-corrected chi connectivity index (χ3v) is 4.60. The zero-order chi connectivity index (χ0) is 20.9. The van der Waals surface area contributed by atoms with E-state index < -0.39 is 41.6 Å². The fraction of sp³-hybridized carbons (Fsp3) is 0.300. The van der Waals surface area contributed by atoms with Gasteiger partial charge in [-0.2, -0.15) is 0 Å². The van der Waals surface area contributed by atoms with E-state index in [1.165, 1.54) is 18.2 Å². The van der Waals surface area contributed by atoms with E-state index >= 15 is 0 Å². The Bertz CT molecular complexity index is 847. The van der Waals surface area contributed by atoms with E-state index in [-0.39, 0.29) is 12.8 Å². The summed E-state index contributed by atoms with van der Waals surface area (Å²) in [5, 5.41) is 9.04. The second-order valence-corrected chi connectivity index (χ2v) is 6.68. The molecule has 0 bridgehead atoms. The molecule has 1 aromatic rings. The lowest BCUT2D eigenvalue weighted by Gasteiger charge is -2.34. The minimum absolute atomic E-state index is 0.0983. The maximum absolute atomic E-state index is 13.2. The zero-order valence-electron chi connectivity index (χ0n) is 15.5. The predicted molar refractivity (Wildman–Crippen MR) is 102 cm³/mol. The predicted octanol–water partition coefficient (Wildman–Crippen LogP) is 0.374. The van der Waals surface area contributed by atoms with Crippen molar-refractivity contribution in [1.82, 2.24) is 4.90 Å². The fourth-order valence-corrected chi connectivity index (χ4v) is 3.09. The molecule has 5 N–H and O–H groups in total. The van der Waals surface area contributed by atoms with E-state index in [2.05, 4.69) is 0 Å². The van der Waals surface area contributed by atoms with Crippen molar-refractivity contribution >= 4 is 23.6 Å². The molecule has 0 fully saturated rings. The van der Waals surface area contributed by atoms with Gasteiger partial charge in [0.1, 0.15) is 12.0 Å². The second kappa shape index (κ2) is 8.62. The molecular weight excluding hydrogens is 362 g/mol. The van der Waals surface area contributed by atoms with Crippen molar-refractivity contribution in [1.29, 1.82) is 0 Å². The van der Waals surface area contributed by atoms with Gasteiger partial charge < -0.3 is 16.6 Å². The SMILES string of the molecule is CC(=O)N(CC(=O)O)C(=O)C1(C(=O)[C@@H](N)Cc2ccccc2)C=CC(N)=CC1. The van der Waals surface area contributed by atoms with Gasteiger partial charge in [-0.15, -0.1) is 0 Å². The van der Waals surface area contributed by atoms with Crippen LogP contribution in [-0.2, 0) is 25.6 Å². The molecule has 0 heterocycles. The molecule has 1 aromatic carbocycles. The Morgan fingerprint density at radius 1 is 1.21 bits per heavy atom. The minimum atomic E-state index is -1.78. The van der Waals surface area contributed by atoms with Gasteiger partial charge in [0.25, 0.3) is 0 Å². The largest absolute Gasteiger partial charge is 0.480 e. The van der Waals surface area contributed by atoms with Gasteiger partial charge in [0.2, 0.25) is 11.8 Å². The number of Topliss-reactive ketones (excluding diaryl/α,β-unsaturated/α-hetero) is 1. The summed E-state index contributed by atoms with van der Waals surface area (Å²) >= 11 is 0. The van der Waals surface area contributed by atoms with Crippen LogP contribution in [0.25, 0.3) is 0 Å². The van der Waals surface area contributed by atoms with Crippen molar-refractivity contribution in [2.75, 3.05) is 6.54 Å². The van der Waals surface area contributed by atoms with Crippen LogP contribution in [0.4, 0.5) is 0 Å². The van der Waals surface area contributed by atoms with Gasteiger partial charge in [0.05, 0.1) is 6.04 Å². The van der Waals surface area contributed by atoms with Crippen LogP contribution in [0.15, 0.2) is 54.3 Å². The highest BCUT2D eigenvalue weighted by molar-refractivity contribution is 6.14. The molecule has 0 aliphatic heterocycles. The number of nitrogens with two attached hydrogens (primary N) is 2. The van der Waals surface area contributed by atoms with Crippen LogP contribution >= 0.6 is 0 Å². The van der Waals surface area contributed by atoms with Crippen molar-refractivity contribution in [3.63, 3.8) is 0 Å². The molecule has 0 saturated heterocycles. The van der Waals surface area contributed by atoms with Crippen LogP contribution in [-0.4, -0.2) is 46.2 Å². The molecule has 148 valence electrons. The van der Waals surface area contributed by atoms with Crippen LogP contribution in [0.3, 0.4) is 0 Å². The quantitative estimate of drug-likeness (QED) is 0.575. The Morgan fingerprint density at radius 2 is 1.86 bits per heavy atom. The Morgan fingerprint density at radius 3 is 2.36 bits per heavy atom. The van der Waals surface area contributed by atoms with Crippen LogP contribution in [0, 0.1) is 5.41 Å². The average Bonchev–Trinajstić information content (AvgIpc) is 2.66. The summed E-state index contributed by atoms with van der Waals surface area (Å²) in [5.74, 6) is -3.66. The molecular formula is C20H23N3O5. The molecule has 1 aliphatic carbocycles. The summed E-state index contributed by atoms with van der Waals surface area (Å²) in [6, 6.07) is 8.03.